The van der Waals surface area contributed by atoms with Gasteiger partial charge in [-0.15, -0.1) is 0 Å². The Labute approximate surface area is 116 Å². The predicted molar refractivity (Wildman–Crippen MR) is 74.2 cm³/mol. The fourth-order valence-electron chi connectivity index (χ4n) is 2.88. The maximum absolute atomic E-state index is 12.7. The average Bonchev–Trinajstić information content (AvgIpc) is 2.92. The first-order chi connectivity index (χ1) is 9.07. The third-order valence-corrected chi connectivity index (χ3v) is 6.19. The Morgan fingerprint density at radius 2 is 2.16 bits per heavy atom. The molecular weight excluding hydrogens is 266 g/mol. The summed E-state index contributed by atoms with van der Waals surface area (Å²) in [4.78, 5) is 0. The van der Waals surface area contributed by atoms with Gasteiger partial charge in [0.1, 0.15) is 0 Å². The van der Waals surface area contributed by atoms with Gasteiger partial charge in [-0.1, -0.05) is 6.42 Å². The lowest BCUT2D eigenvalue weighted by molar-refractivity contribution is 0.174. The summed E-state index contributed by atoms with van der Waals surface area (Å²) in [7, 11) is 0.179. The number of ether oxygens (including phenoxy) is 1. The van der Waals surface area contributed by atoms with Gasteiger partial charge in [-0.2, -0.15) is 17.0 Å². The molecule has 7 heteroatoms. The third-order valence-electron chi connectivity index (χ3n) is 4.09. The molecule has 2 aliphatic heterocycles. The second-order valence-electron chi connectivity index (χ2n) is 5.36. The summed E-state index contributed by atoms with van der Waals surface area (Å²) in [6.45, 7) is 2.52. The maximum atomic E-state index is 12.7. The molecule has 0 aromatic carbocycles. The van der Waals surface area contributed by atoms with Crippen LogP contribution in [0.3, 0.4) is 0 Å². The van der Waals surface area contributed by atoms with Crippen LogP contribution < -0.4 is 5.32 Å². The normalized spacial score (nSPS) is 30.1. The minimum Gasteiger partial charge on any atom is -0.380 e. The van der Waals surface area contributed by atoms with E-state index in [1.807, 2.05) is 7.05 Å². The molecule has 0 aromatic heterocycles. The van der Waals surface area contributed by atoms with Crippen molar-refractivity contribution in [1.82, 2.24) is 13.9 Å². The molecule has 0 aliphatic carbocycles. The summed E-state index contributed by atoms with van der Waals surface area (Å²) in [5.74, 6) is 0. The van der Waals surface area contributed by atoms with Crippen molar-refractivity contribution >= 4 is 10.2 Å². The average molecular weight is 291 g/mol. The lowest BCUT2D eigenvalue weighted by Crippen LogP contribution is -2.54. The molecule has 6 nitrogen and oxygen atoms in total. The molecule has 2 unspecified atom stereocenters. The van der Waals surface area contributed by atoms with Crippen LogP contribution in [0.1, 0.15) is 25.7 Å². The lowest BCUT2D eigenvalue weighted by Gasteiger charge is -2.38. The zero-order chi connectivity index (χ0) is 13.9. The van der Waals surface area contributed by atoms with Crippen molar-refractivity contribution < 1.29 is 13.2 Å². The van der Waals surface area contributed by atoms with Crippen LogP contribution in [0.15, 0.2) is 0 Å². The molecule has 1 N–H and O–H groups in total. The SMILES string of the molecule is CNCC1CCCCN1S(=O)(=O)N(C)C1CCOC1. The van der Waals surface area contributed by atoms with Crippen LogP contribution in [-0.4, -0.2) is 69.5 Å². The van der Waals surface area contributed by atoms with Gasteiger partial charge in [-0.25, -0.2) is 0 Å². The van der Waals surface area contributed by atoms with E-state index in [0.29, 0.717) is 26.3 Å². The molecule has 0 spiro atoms. The van der Waals surface area contributed by atoms with Gasteiger partial charge in [0.2, 0.25) is 0 Å². The number of hydrogen-bond donors (Lipinski definition) is 1. The molecule has 0 bridgehead atoms. The van der Waals surface area contributed by atoms with Crippen molar-refractivity contribution in [3.63, 3.8) is 0 Å². The van der Waals surface area contributed by atoms with Gasteiger partial charge < -0.3 is 10.1 Å². The molecule has 0 saturated carbocycles. The van der Waals surface area contributed by atoms with E-state index in [0.717, 1.165) is 25.7 Å². The van der Waals surface area contributed by atoms with Crippen molar-refractivity contribution in [2.75, 3.05) is 40.4 Å². The van der Waals surface area contributed by atoms with Crippen LogP contribution in [0.5, 0.6) is 0 Å². The Bertz CT molecular complexity index is 380. The minimum absolute atomic E-state index is 0.0119. The summed E-state index contributed by atoms with van der Waals surface area (Å²) in [6, 6.07) is 0.0654. The van der Waals surface area contributed by atoms with Crippen LogP contribution in [0.25, 0.3) is 0 Å². The van der Waals surface area contributed by atoms with E-state index in [-0.39, 0.29) is 12.1 Å². The molecule has 2 heterocycles. The molecular formula is C12H25N3O3S. The van der Waals surface area contributed by atoms with Crippen LogP contribution in [0, 0.1) is 0 Å². The second kappa shape index (κ2) is 6.49. The Morgan fingerprint density at radius 1 is 1.37 bits per heavy atom. The lowest BCUT2D eigenvalue weighted by atomic mass is 10.1. The van der Waals surface area contributed by atoms with Gasteiger partial charge in [-0.3, -0.25) is 0 Å². The molecule has 2 saturated heterocycles. The highest BCUT2D eigenvalue weighted by Gasteiger charge is 2.38. The van der Waals surface area contributed by atoms with E-state index in [2.05, 4.69) is 5.32 Å². The summed E-state index contributed by atoms with van der Waals surface area (Å²) in [5, 5.41) is 3.10. The largest absolute Gasteiger partial charge is 0.380 e. The van der Waals surface area contributed by atoms with Gasteiger partial charge in [-0.05, 0) is 26.3 Å². The summed E-state index contributed by atoms with van der Waals surface area (Å²) >= 11 is 0. The standard InChI is InChI=1S/C12H25N3O3S/c1-13-9-11-5-3-4-7-15(11)19(16,17)14(2)12-6-8-18-10-12/h11-13H,3-10H2,1-2H3. The Morgan fingerprint density at radius 3 is 2.79 bits per heavy atom. The molecule has 2 fully saturated rings. The summed E-state index contributed by atoms with van der Waals surface area (Å²) in [6.07, 6.45) is 3.79. The van der Waals surface area contributed by atoms with Crippen LogP contribution in [0.2, 0.25) is 0 Å². The number of nitrogens with zero attached hydrogens (tertiary/aromatic N) is 2. The first-order valence-corrected chi connectivity index (χ1v) is 8.44. The minimum atomic E-state index is -3.37. The molecule has 2 rings (SSSR count). The molecule has 2 aliphatic rings. The third kappa shape index (κ3) is 3.28. The molecule has 0 amide bonds. The molecule has 0 aromatic rings. The number of piperidine rings is 1. The van der Waals surface area contributed by atoms with E-state index in [1.54, 1.807) is 11.4 Å². The smallest absolute Gasteiger partial charge is 0.282 e. The van der Waals surface area contributed by atoms with Gasteiger partial charge in [0, 0.05) is 32.8 Å². The Hall–Kier alpha value is -0.210. The van der Waals surface area contributed by atoms with Crippen molar-refractivity contribution in [2.24, 2.45) is 0 Å². The monoisotopic (exact) mass is 291 g/mol. The fourth-order valence-corrected chi connectivity index (χ4v) is 4.67. The van der Waals surface area contributed by atoms with Crippen LogP contribution in [0.4, 0.5) is 0 Å². The Kier molecular flexibility index (Phi) is 5.19. The highest BCUT2D eigenvalue weighted by molar-refractivity contribution is 7.86. The first kappa shape index (κ1) is 15.2. The van der Waals surface area contributed by atoms with Crippen molar-refractivity contribution in [2.45, 2.75) is 37.8 Å². The van der Waals surface area contributed by atoms with E-state index in [1.165, 1.54) is 4.31 Å². The quantitative estimate of drug-likeness (QED) is 0.776. The van der Waals surface area contributed by atoms with E-state index < -0.39 is 10.2 Å². The highest BCUT2D eigenvalue weighted by atomic mass is 32.2. The van der Waals surface area contributed by atoms with E-state index >= 15 is 0 Å². The Balaban J connectivity index is 2.11. The van der Waals surface area contributed by atoms with Crippen LogP contribution in [-0.2, 0) is 14.9 Å². The number of nitrogens with one attached hydrogen (secondary N) is 1. The van der Waals surface area contributed by atoms with Crippen molar-refractivity contribution in [3.8, 4) is 0 Å². The second-order valence-corrected chi connectivity index (χ2v) is 7.30. The van der Waals surface area contributed by atoms with Gasteiger partial charge in [0.05, 0.1) is 12.6 Å². The zero-order valence-corrected chi connectivity index (χ0v) is 12.7. The number of rotatable bonds is 5. The number of likely N-dealkylation sites (N-methyl/N-ethyl adjacent to an activating group) is 2. The molecule has 0 radical (unpaired) electrons. The summed E-state index contributed by atoms with van der Waals surface area (Å²) < 4.78 is 33.9. The number of hydrogen-bond acceptors (Lipinski definition) is 4. The summed E-state index contributed by atoms with van der Waals surface area (Å²) in [5.41, 5.74) is 0. The fraction of sp³-hybridized carbons (Fsp3) is 1.00. The van der Waals surface area contributed by atoms with Gasteiger partial charge in [0.25, 0.3) is 10.2 Å². The van der Waals surface area contributed by atoms with Crippen LogP contribution >= 0.6 is 0 Å². The first-order valence-electron chi connectivity index (χ1n) is 7.04. The van der Waals surface area contributed by atoms with Crippen molar-refractivity contribution in [3.05, 3.63) is 0 Å². The topological polar surface area (TPSA) is 61.9 Å². The van der Waals surface area contributed by atoms with E-state index in [4.69, 9.17) is 4.74 Å². The highest BCUT2D eigenvalue weighted by Crippen LogP contribution is 2.24. The van der Waals surface area contributed by atoms with Gasteiger partial charge in [0.15, 0.2) is 0 Å². The molecule has 112 valence electrons. The van der Waals surface area contributed by atoms with Crippen molar-refractivity contribution in [1.29, 1.82) is 0 Å². The maximum Gasteiger partial charge on any atom is 0.282 e. The van der Waals surface area contributed by atoms with E-state index in [9.17, 15) is 8.42 Å². The predicted octanol–water partition coefficient (Wildman–Crippen LogP) is 0.0258. The van der Waals surface area contributed by atoms with Gasteiger partial charge >= 0.3 is 0 Å². The molecule has 2 atom stereocenters. The molecule has 19 heavy (non-hydrogen) atoms. The zero-order valence-electron chi connectivity index (χ0n) is 11.8.